The van der Waals surface area contributed by atoms with Crippen molar-refractivity contribution in [1.29, 1.82) is 0 Å². The van der Waals surface area contributed by atoms with Gasteiger partial charge >= 0.3 is 0 Å². The van der Waals surface area contributed by atoms with Gasteiger partial charge in [-0.05, 0) is 82.3 Å². The molecule has 2 aliphatic rings. The average molecular weight is 430 g/mol. The second-order valence-electron chi connectivity index (χ2n) is 8.69. The Morgan fingerprint density at radius 2 is 2.06 bits per heavy atom. The summed E-state index contributed by atoms with van der Waals surface area (Å²) in [6, 6.07) is 7.88. The highest BCUT2D eigenvalue weighted by Gasteiger charge is 2.23. The lowest BCUT2D eigenvalue weighted by atomic mass is 9.99. The van der Waals surface area contributed by atoms with Crippen LogP contribution in [0.15, 0.2) is 29.3 Å². The normalized spacial score (nSPS) is 20.6. The summed E-state index contributed by atoms with van der Waals surface area (Å²) in [5.74, 6) is 1.66. The molecule has 0 aliphatic carbocycles. The molecule has 3 N–H and O–H groups in total. The van der Waals surface area contributed by atoms with E-state index in [0.29, 0.717) is 13.2 Å². The third-order valence-electron chi connectivity index (χ3n) is 6.00. The molecule has 0 saturated carbocycles. The highest BCUT2D eigenvalue weighted by molar-refractivity contribution is 5.94. The van der Waals surface area contributed by atoms with Crippen LogP contribution in [0.4, 0.5) is 5.69 Å². The molecule has 3 rings (SSSR count). The Kier molecular flexibility index (Phi) is 9.62. The molecule has 1 amide bonds. The molecule has 0 aromatic heterocycles. The summed E-state index contributed by atoms with van der Waals surface area (Å²) in [6.07, 6.45) is 5.19. The van der Waals surface area contributed by atoms with Crippen molar-refractivity contribution < 1.29 is 9.53 Å². The number of likely N-dealkylation sites (tertiary alicyclic amines) is 1. The number of guanidine groups is 1. The molecule has 0 radical (unpaired) electrons. The van der Waals surface area contributed by atoms with Gasteiger partial charge in [-0.25, -0.2) is 4.99 Å². The number of nitrogens with zero attached hydrogens (tertiary/aromatic N) is 2. The van der Waals surface area contributed by atoms with Crippen molar-refractivity contribution in [3.63, 3.8) is 0 Å². The number of amides is 1. The Labute approximate surface area is 187 Å². The third-order valence-corrected chi connectivity index (χ3v) is 6.00. The molecule has 1 atom stereocenters. The maximum atomic E-state index is 12.3. The van der Waals surface area contributed by atoms with Crippen LogP contribution in [0.3, 0.4) is 0 Å². The first-order chi connectivity index (χ1) is 15.1. The molecule has 2 fully saturated rings. The second-order valence-corrected chi connectivity index (χ2v) is 8.69. The molecule has 2 aliphatic heterocycles. The summed E-state index contributed by atoms with van der Waals surface area (Å²) >= 11 is 0. The fraction of sp³-hybridized carbons (Fsp3) is 0.667. The van der Waals surface area contributed by atoms with Crippen LogP contribution < -0.4 is 16.0 Å². The average Bonchev–Trinajstić information content (AvgIpc) is 3.32. The molecule has 1 aromatic carbocycles. The fourth-order valence-corrected chi connectivity index (χ4v) is 4.06. The van der Waals surface area contributed by atoms with Crippen molar-refractivity contribution in [3.8, 4) is 0 Å². The van der Waals surface area contributed by atoms with Gasteiger partial charge in [0.1, 0.15) is 6.10 Å². The van der Waals surface area contributed by atoms with E-state index in [1.165, 1.54) is 25.9 Å². The number of benzene rings is 1. The molecule has 7 heteroatoms. The number of rotatable bonds is 9. The molecule has 2 heterocycles. The number of anilines is 1. The van der Waals surface area contributed by atoms with Crippen LogP contribution in [-0.2, 0) is 16.1 Å². The minimum atomic E-state index is -0.320. The van der Waals surface area contributed by atoms with Crippen LogP contribution in [0, 0.1) is 5.92 Å². The topological polar surface area (TPSA) is 78.0 Å². The third kappa shape index (κ3) is 8.15. The monoisotopic (exact) mass is 429 g/mol. The van der Waals surface area contributed by atoms with Crippen LogP contribution in [0.5, 0.6) is 0 Å². The van der Waals surface area contributed by atoms with E-state index >= 15 is 0 Å². The Morgan fingerprint density at radius 3 is 2.81 bits per heavy atom. The van der Waals surface area contributed by atoms with E-state index in [1.807, 2.05) is 24.3 Å². The first kappa shape index (κ1) is 23.5. The van der Waals surface area contributed by atoms with Gasteiger partial charge in [-0.15, -0.1) is 0 Å². The largest absolute Gasteiger partial charge is 0.368 e. The maximum absolute atomic E-state index is 12.3. The number of carbonyl (C=O) groups excluding carboxylic acids is 1. The predicted molar refractivity (Wildman–Crippen MR) is 126 cm³/mol. The van der Waals surface area contributed by atoms with E-state index in [4.69, 9.17) is 9.73 Å². The number of hydrogen-bond acceptors (Lipinski definition) is 4. The van der Waals surface area contributed by atoms with Crippen LogP contribution in [0.25, 0.3) is 0 Å². The van der Waals surface area contributed by atoms with Gasteiger partial charge in [-0.3, -0.25) is 4.79 Å². The number of ether oxygens (including phenoxy) is 1. The van der Waals surface area contributed by atoms with Gasteiger partial charge in [0.15, 0.2) is 5.96 Å². The molecule has 31 heavy (non-hydrogen) atoms. The van der Waals surface area contributed by atoms with Crippen LogP contribution in [0.1, 0.15) is 51.5 Å². The summed E-state index contributed by atoms with van der Waals surface area (Å²) in [6.45, 7) is 11.0. The number of carbonyl (C=O) groups is 1. The minimum Gasteiger partial charge on any atom is -0.368 e. The molecule has 1 unspecified atom stereocenters. The quantitative estimate of drug-likeness (QED) is 0.320. The first-order valence-corrected chi connectivity index (χ1v) is 11.9. The van der Waals surface area contributed by atoms with Gasteiger partial charge in [-0.1, -0.05) is 19.1 Å². The Bertz CT molecular complexity index is 710. The summed E-state index contributed by atoms with van der Waals surface area (Å²) in [7, 11) is 0. The van der Waals surface area contributed by atoms with Crippen molar-refractivity contribution in [2.45, 2.75) is 58.6 Å². The highest BCUT2D eigenvalue weighted by Crippen LogP contribution is 2.17. The van der Waals surface area contributed by atoms with E-state index in [9.17, 15) is 4.79 Å². The first-order valence-electron chi connectivity index (χ1n) is 11.9. The summed E-state index contributed by atoms with van der Waals surface area (Å²) in [5, 5.41) is 9.73. The van der Waals surface area contributed by atoms with Gasteiger partial charge in [0.05, 0.1) is 6.54 Å². The molecule has 2 saturated heterocycles. The molecule has 0 bridgehead atoms. The van der Waals surface area contributed by atoms with Crippen molar-refractivity contribution in [3.05, 3.63) is 29.8 Å². The lowest BCUT2D eigenvalue weighted by Gasteiger charge is -2.30. The standard InChI is InChI=1S/C24H39N5O2/c1-3-25-24(26-12-6-13-29-14-10-19(2)11-15-29)27-18-20-7-4-8-21(17-20)28-23(30)22-9-5-16-31-22/h4,7-8,17,19,22H,3,5-6,9-16,18H2,1-2H3,(H,28,30)(H2,25,26,27). The fourth-order valence-electron chi connectivity index (χ4n) is 4.06. The highest BCUT2D eigenvalue weighted by atomic mass is 16.5. The number of nitrogens with one attached hydrogen (secondary N) is 3. The summed E-state index contributed by atoms with van der Waals surface area (Å²) in [4.78, 5) is 19.6. The minimum absolute atomic E-state index is 0.0590. The van der Waals surface area contributed by atoms with E-state index in [2.05, 4.69) is 34.7 Å². The second kappa shape index (κ2) is 12.7. The van der Waals surface area contributed by atoms with E-state index < -0.39 is 0 Å². The molecule has 0 spiro atoms. The SMILES string of the molecule is CCNC(=NCc1cccc(NC(=O)C2CCCO2)c1)NCCCN1CCC(C)CC1. The smallest absolute Gasteiger partial charge is 0.253 e. The molecule has 7 nitrogen and oxygen atoms in total. The number of piperidine rings is 1. The Balaban J connectivity index is 1.44. The van der Waals surface area contributed by atoms with Crippen LogP contribution >= 0.6 is 0 Å². The van der Waals surface area contributed by atoms with Gasteiger partial charge in [-0.2, -0.15) is 0 Å². The van der Waals surface area contributed by atoms with Crippen molar-refractivity contribution in [2.75, 3.05) is 44.6 Å². The van der Waals surface area contributed by atoms with Crippen LogP contribution in [-0.4, -0.2) is 62.2 Å². The predicted octanol–water partition coefficient (Wildman–Crippen LogP) is 2.98. The lowest BCUT2D eigenvalue weighted by Crippen LogP contribution is -2.39. The molecular weight excluding hydrogens is 390 g/mol. The van der Waals surface area contributed by atoms with Crippen LogP contribution in [0.2, 0.25) is 0 Å². The van der Waals surface area contributed by atoms with Crippen molar-refractivity contribution >= 4 is 17.6 Å². The zero-order chi connectivity index (χ0) is 21.9. The number of aliphatic imine (C=N–C) groups is 1. The van der Waals surface area contributed by atoms with E-state index in [1.54, 1.807) is 0 Å². The molecule has 1 aromatic rings. The van der Waals surface area contributed by atoms with Crippen molar-refractivity contribution in [1.82, 2.24) is 15.5 Å². The van der Waals surface area contributed by atoms with Gasteiger partial charge in [0, 0.05) is 25.4 Å². The lowest BCUT2D eigenvalue weighted by molar-refractivity contribution is -0.124. The maximum Gasteiger partial charge on any atom is 0.253 e. The zero-order valence-electron chi connectivity index (χ0n) is 19.2. The molecular formula is C24H39N5O2. The summed E-state index contributed by atoms with van der Waals surface area (Å²) in [5.41, 5.74) is 1.85. The van der Waals surface area contributed by atoms with Crippen molar-refractivity contribution in [2.24, 2.45) is 10.9 Å². The van der Waals surface area contributed by atoms with E-state index in [-0.39, 0.29) is 12.0 Å². The van der Waals surface area contributed by atoms with Gasteiger partial charge in [0.2, 0.25) is 0 Å². The van der Waals surface area contributed by atoms with E-state index in [0.717, 1.165) is 62.0 Å². The number of hydrogen-bond donors (Lipinski definition) is 3. The zero-order valence-corrected chi connectivity index (χ0v) is 19.2. The Morgan fingerprint density at radius 1 is 1.23 bits per heavy atom. The van der Waals surface area contributed by atoms with Gasteiger partial charge in [0.25, 0.3) is 5.91 Å². The summed E-state index contributed by atoms with van der Waals surface area (Å²) < 4.78 is 5.46. The Hall–Kier alpha value is -2.12. The molecule has 172 valence electrons. The van der Waals surface area contributed by atoms with Gasteiger partial charge < -0.3 is 25.6 Å².